The first kappa shape index (κ1) is 14.6. The van der Waals surface area contributed by atoms with E-state index < -0.39 is 10.0 Å². The highest BCUT2D eigenvalue weighted by molar-refractivity contribution is 9.10. The second-order valence-electron chi connectivity index (χ2n) is 5.19. The number of benzene rings is 2. The van der Waals surface area contributed by atoms with Gasteiger partial charge in [-0.05, 0) is 59.0 Å². The molecule has 21 heavy (non-hydrogen) atoms. The monoisotopic (exact) mass is 365 g/mol. The summed E-state index contributed by atoms with van der Waals surface area (Å²) in [4.78, 5) is 0.320. The molecule has 3 nitrogen and oxygen atoms in total. The van der Waals surface area contributed by atoms with Gasteiger partial charge in [0.1, 0.15) is 4.90 Å². The third-order valence-electron chi connectivity index (χ3n) is 3.78. The lowest BCUT2D eigenvalue weighted by Gasteiger charge is -2.32. The van der Waals surface area contributed by atoms with E-state index in [0.717, 1.165) is 29.7 Å². The van der Waals surface area contributed by atoms with E-state index in [9.17, 15) is 8.42 Å². The highest BCUT2D eigenvalue weighted by Crippen LogP contribution is 2.36. The Kier molecular flexibility index (Phi) is 3.80. The minimum Gasteiger partial charge on any atom is -0.266 e. The molecular formula is C16H16BrNO2S. The van der Waals surface area contributed by atoms with Crippen molar-refractivity contribution < 1.29 is 8.42 Å². The summed E-state index contributed by atoms with van der Waals surface area (Å²) in [6.45, 7) is 2.49. The van der Waals surface area contributed by atoms with Gasteiger partial charge in [0.2, 0.25) is 0 Å². The van der Waals surface area contributed by atoms with Crippen LogP contribution in [0.25, 0.3) is 0 Å². The molecule has 0 atom stereocenters. The van der Waals surface area contributed by atoms with Crippen molar-refractivity contribution in [3.8, 4) is 0 Å². The fourth-order valence-electron chi connectivity index (χ4n) is 2.82. The van der Waals surface area contributed by atoms with Crippen LogP contribution in [0.2, 0.25) is 0 Å². The number of anilines is 1. The summed E-state index contributed by atoms with van der Waals surface area (Å²) in [5.41, 5.74) is 2.96. The number of sulfonamides is 1. The second-order valence-corrected chi connectivity index (χ2v) is 7.88. The van der Waals surface area contributed by atoms with E-state index in [1.165, 1.54) is 0 Å². The molecule has 110 valence electrons. The van der Waals surface area contributed by atoms with Crippen LogP contribution in [0.15, 0.2) is 51.8 Å². The maximum atomic E-state index is 13.0. The zero-order valence-corrected chi connectivity index (χ0v) is 14.1. The number of aryl methyl sites for hydroxylation is 2. The Labute approximate surface area is 133 Å². The van der Waals surface area contributed by atoms with Gasteiger partial charge in [-0.15, -0.1) is 0 Å². The van der Waals surface area contributed by atoms with Gasteiger partial charge in [-0.1, -0.05) is 30.3 Å². The van der Waals surface area contributed by atoms with Gasteiger partial charge in [0.25, 0.3) is 10.0 Å². The van der Waals surface area contributed by atoms with Crippen LogP contribution in [0.1, 0.15) is 17.5 Å². The Balaban J connectivity index is 2.17. The van der Waals surface area contributed by atoms with Crippen molar-refractivity contribution in [2.24, 2.45) is 0 Å². The Bertz CT molecular complexity index is 787. The average molecular weight is 366 g/mol. The lowest BCUT2D eigenvalue weighted by atomic mass is 10.0. The smallest absolute Gasteiger partial charge is 0.265 e. The van der Waals surface area contributed by atoms with Gasteiger partial charge >= 0.3 is 0 Å². The Morgan fingerprint density at radius 1 is 1.10 bits per heavy atom. The van der Waals surface area contributed by atoms with Crippen LogP contribution >= 0.6 is 15.9 Å². The summed E-state index contributed by atoms with van der Waals surface area (Å²) in [5.74, 6) is 0. The van der Waals surface area contributed by atoms with E-state index in [2.05, 4.69) is 15.9 Å². The summed E-state index contributed by atoms with van der Waals surface area (Å²) in [7, 11) is -3.54. The van der Waals surface area contributed by atoms with Crippen molar-refractivity contribution >= 4 is 31.6 Å². The second kappa shape index (κ2) is 5.46. The molecule has 0 aromatic heterocycles. The maximum absolute atomic E-state index is 13.0. The molecule has 1 heterocycles. The van der Waals surface area contributed by atoms with E-state index in [4.69, 9.17) is 0 Å². The number of rotatable bonds is 2. The van der Waals surface area contributed by atoms with E-state index in [0.29, 0.717) is 15.9 Å². The molecule has 0 radical (unpaired) electrons. The molecule has 1 aliphatic heterocycles. The van der Waals surface area contributed by atoms with Crippen molar-refractivity contribution in [2.75, 3.05) is 10.8 Å². The molecule has 2 aromatic carbocycles. The molecule has 0 N–H and O–H groups in total. The first-order valence-electron chi connectivity index (χ1n) is 6.87. The average Bonchev–Trinajstić information content (AvgIpc) is 2.47. The van der Waals surface area contributed by atoms with Crippen LogP contribution in [0.3, 0.4) is 0 Å². The molecule has 0 saturated carbocycles. The number of hydrogen-bond acceptors (Lipinski definition) is 2. The lowest BCUT2D eigenvalue weighted by Crippen LogP contribution is -2.36. The third kappa shape index (κ3) is 2.49. The van der Waals surface area contributed by atoms with Crippen molar-refractivity contribution in [3.05, 3.63) is 58.1 Å². The highest BCUT2D eigenvalue weighted by Gasteiger charge is 2.31. The molecule has 5 heteroatoms. The molecule has 3 rings (SSSR count). The molecule has 0 amide bonds. The normalized spacial score (nSPS) is 14.9. The van der Waals surface area contributed by atoms with Gasteiger partial charge in [0, 0.05) is 11.0 Å². The van der Waals surface area contributed by atoms with Crippen molar-refractivity contribution in [1.29, 1.82) is 0 Å². The molecule has 0 unspecified atom stereocenters. The van der Waals surface area contributed by atoms with Crippen LogP contribution in [-0.4, -0.2) is 15.0 Å². The van der Waals surface area contributed by atoms with Crippen LogP contribution in [0.5, 0.6) is 0 Å². The van der Waals surface area contributed by atoms with Gasteiger partial charge in [-0.2, -0.15) is 0 Å². The van der Waals surface area contributed by atoms with Crippen molar-refractivity contribution in [3.63, 3.8) is 0 Å². The van der Waals surface area contributed by atoms with Crippen LogP contribution in [0, 0.1) is 6.92 Å². The third-order valence-corrected chi connectivity index (χ3v) is 6.59. The first-order chi connectivity index (χ1) is 10.0. The van der Waals surface area contributed by atoms with Gasteiger partial charge in [-0.25, -0.2) is 8.42 Å². The molecule has 0 bridgehead atoms. The summed E-state index contributed by atoms with van der Waals surface area (Å²) >= 11 is 3.35. The molecule has 0 saturated heterocycles. The molecule has 2 aromatic rings. The summed E-state index contributed by atoms with van der Waals surface area (Å²) in [6, 6.07) is 12.9. The molecular weight excluding hydrogens is 350 g/mol. The Hall–Kier alpha value is -1.33. The summed E-state index contributed by atoms with van der Waals surface area (Å²) in [5, 5.41) is 0. The van der Waals surface area contributed by atoms with Crippen molar-refractivity contribution in [2.45, 2.75) is 24.7 Å². The van der Waals surface area contributed by atoms with Gasteiger partial charge in [-0.3, -0.25) is 4.31 Å². The molecule has 1 aliphatic rings. The SMILES string of the molecule is Cc1cccc2c1N(S(=O)(=O)c1ccccc1Br)CCC2. The van der Waals surface area contributed by atoms with E-state index in [1.807, 2.05) is 31.2 Å². The first-order valence-corrected chi connectivity index (χ1v) is 9.11. The van der Waals surface area contributed by atoms with E-state index in [-0.39, 0.29) is 0 Å². The standard InChI is InChI=1S/C16H16BrNO2S/c1-12-6-4-7-13-8-5-11-18(16(12)13)21(19,20)15-10-3-2-9-14(15)17/h2-4,6-7,9-10H,5,8,11H2,1H3. The molecule has 0 fully saturated rings. The van der Waals surface area contributed by atoms with E-state index >= 15 is 0 Å². The quantitative estimate of drug-likeness (QED) is 0.809. The topological polar surface area (TPSA) is 37.4 Å². The van der Waals surface area contributed by atoms with Gasteiger partial charge in [0.05, 0.1) is 5.69 Å². The number of nitrogens with zero attached hydrogens (tertiary/aromatic N) is 1. The zero-order chi connectivity index (χ0) is 15.0. The minimum atomic E-state index is -3.54. The number of halogens is 1. The van der Waals surface area contributed by atoms with Crippen LogP contribution in [0.4, 0.5) is 5.69 Å². The summed E-state index contributed by atoms with van der Waals surface area (Å²) < 4.78 is 28.2. The number of fused-ring (bicyclic) bond motifs is 1. The van der Waals surface area contributed by atoms with Gasteiger partial charge in [0.15, 0.2) is 0 Å². The largest absolute Gasteiger partial charge is 0.266 e. The van der Waals surface area contributed by atoms with Gasteiger partial charge < -0.3 is 0 Å². The van der Waals surface area contributed by atoms with E-state index in [1.54, 1.807) is 22.5 Å². The minimum absolute atomic E-state index is 0.320. The fourth-order valence-corrected chi connectivity index (χ4v) is 5.39. The summed E-state index contributed by atoms with van der Waals surface area (Å²) in [6.07, 6.45) is 1.78. The Morgan fingerprint density at radius 2 is 1.86 bits per heavy atom. The number of hydrogen-bond donors (Lipinski definition) is 0. The predicted octanol–water partition coefficient (Wildman–Crippen LogP) is 3.90. The fraction of sp³-hybridized carbons (Fsp3) is 0.250. The van der Waals surface area contributed by atoms with Crippen molar-refractivity contribution in [1.82, 2.24) is 0 Å². The Morgan fingerprint density at radius 3 is 2.62 bits per heavy atom. The lowest BCUT2D eigenvalue weighted by molar-refractivity contribution is 0.586. The van der Waals surface area contributed by atoms with Crippen LogP contribution < -0.4 is 4.31 Å². The number of para-hydroxylation sites is 1. The molecule has 0 spiro atoms. The zero-order valence-electron chi connectivity index (χ0n) is 11.7. The van der Waals surface area contributed by atoms with Crippen LogP contribution in [-0.2, 0) is 16.4 Å². The highest BCUT2D eigenvalue weighted by atomic mass is 79.9. The molecule has 0 aliphatic carbocycles. The predicted molar refractivity (Wildman–Crippen MR) is 88.2 cm³/mol. The maximum Gasteiger partial charge on any atom is 0.265 e.